The number of esters is 1. The first-order chi connectivity index (χ1) is 9.69. The van der Waals surface area contributed by atoms with E-state index in [1.165, 1.54) is 0 Å². The topological polar surface area (TPSA) is 59.5 Å². The number of thiazole rings is 1. The molecule has 1 aromatic rings. The third kappa shape index (κ3) is 4.30. The van der Waals surface area contributed by atoms with Crippen LogP contribution in [0.5, 0.6) is 0 Å². The van der Waals surface area contributed by atoms with Crippen molar-refractivity contribution in [1.29, 1.82) is 0 Å². The zero-order valence-corrected chi connectivity index (χ0v) is 12.6. The fourth-order valence-corrected chi connectivity index (χ4v) is 2.87. The lowest BCUT2D eigenvalue weighted by Gasteiger charge is -2.19. The fourth-order valence-electron chi connectivity index (χ4n) is 2.14. The van der Waals surface area contributed by atoms with Crippen molar-refractivity contribution >= 4 is 23.2 Å². The van der Waals surface area contributed by atoms with Crippen molar-refractivity contribution in [1.82, 2.24) is 9.88 Å². The predicted octanol–water partition coefficient (Wildman–Crippen LogP) is 2.15. The van der Waals surface area contributed by atoms with E-state index in [4.69, 9.17) is 4.74 Å². The predicted molar refractivity (Wildman–Crippen MR) is 76.3 cm³/mol. The number of amides is 1. The Kier molecular flexibility index (Phi) is 5.52. The van der Waals surface area contributed by atoms with Crippen LogP contribution >= 0.6 is 11.3 Å². The summed E-state index contributed by atoms with van der Waals surface area (Å²) in [4.78, 5) is 29.5. The summed E-state index contributed by atoms with van der Waals surface area (Å²) in [5, 5.41) is 2.95. The summed E-state index contributed by atoms with van der Waals surface area (Å²) in [6.45, 7) is 2.95. The highest BCUT2D eigenvalue weighted by atomic mass is 32.1. The lowest BCUT2D eigenvalue weighted by Crippen LogP contribution is -2.35. The van der Waals surface area contributed by atoms with E-state index >= 15 is 0 Å². The molecule has 2 heterocycles. The summed E-state index contributed by atoms with van der Waals surface area (Å²) in [5.41, 5.74) is 0.780. The number of nitrogens with zero attached hydrogens (tertiary/aromatic N) is 2. The molecule has 0 atom stereocenters. The SMILES string of the molecule is CCc1nc(COC(=O)CN2CCCCCC2=O)cs1. The maximum atomic E-state index is 11.8. The van der Waals surface area contributed by atoms with Crippen LogP contribution in [-0.2, 0) is 27.4 Å². The second-order valence-electron chi connectivity index (χ2n) is 4.87. The summed E-state index contributed by atoms with van der Waals surface area (Å²) < 4.78 is 5.19. The normalized spacial score (nSPS) is 16.1. The molecule has 0 saturated carbocycles. The molecule has 0 aromatic carbocycles. The van der Waals surface area contributed by atoms with Gasteiger partial charge in [0.1, 0.15) is 13.2 Å². The van der Waals surface area contributed by atoms with E-state index in [1.54, 1.807) is 16.2 Å². The van der Waals surface area contributed by atoms with E-state index in [-0.39, 0.29) is 25.0 Å². The van der Waals surface area contributed by atoms with Gasteiger partial charge in [-0.3, -0.25) is 9.59 Å². The Bertz CT molecular complexity index is 473. The number of carbonyl (C=O) groups is 2. The Balaban J connectivity index is 1.78. The Morgan fingerprint density at radius 3 is 3.05 bits per heavy atom. The second-order valence-corrected chi connectivity index (χ2v) is 5.82. The minimum Gasteiger partial charge on any atom is -0.458 e. The highest BCUT2D eigenvalue weighted by Gasteiger charge is 2.20. The maximum absolute atomic E-state index is 11.8. The molecule has 0 aliphatic carbocycles. The number of aromatic nitrogens is 1. The third-order valence-electron chi connectivity index (χ3n) is 3.27. The van der Waals surface area contributed by atoms with Crippen LogP contribution in [-0.4, -0.2) is 34.8 Å². The molecule has 1 aliphatic heterocycles. The largest absolute Gasteiger partial charge is 0.458 e. The summed E-state index contributed by atoms with van der Waals surface area (Å²) >= 11 is 1.57. The molecule has 110 valence electrons. The molecule has 1 amide bonds. The van der Waals surface area contributed by atoms with Crippen LogP contribution < -0.4 is 0 Å². The van der Waals surface area contributed by atoms with Gasteiger partial charge in [-0.15, -0.1) is 11.3 Å². The fraction of sp³-hybridized carbons (Fsp3) is 0.643. The van der Waals surface area contributed by atoms with Gasteiger partial charge in [-0.05, 0) is 19.3 Å². The lowest BCUT2D eigenvalue weighted by atomic mass is 10.2. The zero-order valence-electron chi connectivity index (χ0n) is 11.8. The minimum absolute atomic E-state index is 0.0568. The van der Waals surface area contributed by atoms with Crippen LogP contribution in [0.1, 0.15) is 43.3 Å². The summed E-state index contributed by atoms with van der Waals surface area (Å²) in [6, 6.07) is 0. The maximum Gasteiger partial charge on any atom is 0.326 e. The molecule has 1 aromatic heterocycles. The van der Waals surface area contributed by atoms with Gasteiger partial charge in [0.05, 0.1) is 10.7 Å². The molecule has 0 N–H and O–H groups in total. The van der Waals surface area contributed by atoms with Gasteiger partial charge in [-0.25, -0.2) is 4.98 Å². The summed E-state index contributed by atoms with van der Waals surface area (Å²) in [5.74, 6) is -0.298. The van der Waals surface area contributed by atoms with Crippen LogP contribution in [0.15, 0.2) is 5.38 Å². The van der Waals surface area contributed by atoms with Gasteiger partial charge in [0, 0.05) is 18.3 Å². The molecule has 6 heteroatoms. The van der Waals surface area contributed by atoms with Crippen molar-refractivity contribution in [2.45, 2.75) is 45.6 Å². The van der Waals surface area contributed by atoms with Gasteiger partial charge in [0.2, 0.25) is 5.91 Å². The first kappa shape index (κ1) is 15.0. The highest BCUT2D eigenvalue weighted by molar-refractivity contribution is 7.09. The van der Waals surface area contributed by atoms with Crippen LogP contribution in [0.3, 0.4) is 0 Å². The van der Waals surface area contributed by atoms with E-state index in [0.29, 0.717) is 13.0 Å². The molecule has 1 fully saturated rings. The Morgan fingerprint density at radius 2 is 2.30 bits per heavy atom. The standard InChI is InChI=1S/C14H20N2O3S/c1-2-12-15-11(10-20-12)9-19-14(18)8-16-7-5-3-4-6-13(16)17/h10H,2-9H2,1H3. The van der Waals surface area contributed by atoms with Crippen molar-refractivity contribution in [2.24, 2.45) is 0 Å². The molecule has 0 radical (unpaired) electrons. The number of carbonyl (C=O) groups excluding carboxylic acids is 2. The van der Waals surface area contributed by atoms with E-state index in [0.717, 1.165) is 36.4 Å². The molecule has 1 aliphatic rings. The molecule has 0 spiro atoms. The Morgan fingerprint density at radius 1 is 1.45 bits per heavy atom. The number of ether oxygens (including phenoxy) is 1. The van der Waals surface area contributed by atoms with E-state index in [9.17, 15) is 9.59 Å². The molecule has 0 unspecified atom stereocenters. The van der Waals surface area contributed by atoms with E-state index in [2.05, 4.69) is 4.98 Å². The average Bonchev–Trinajstić information content (AvgIpc) is 2.82. The van der Waals surface area contributed by atoms with Gasteiger partial charge in [-0.1, -0.05) is 13.3 Å². The molecule has 2 rings (SSSR count). The monoisotopic (exact) mass is 296 g/mol. The molecular formula is C14H20N2O3S. The Hall–Kier alpha value is -1.43. The van der Waals surface area contributed by atoms with Crippen molar-refractivity contribution in [3.63, 3.8) is 0 Å². The van der Waals surface area contributed by atoms with Gasteiger partial charge in [0.25, 0.3) is 0 Å². The summed E-state index contributed by atoms with van der Waals surface area (Å²) in [6.07, 6.45) is 4.37. The smallest absolute Gasteiger partial charge is 0.326 e. The van der Waals surface area contributed by atoms with Crippen molar-refractivity contribution in [2.75, 3.05) is 13.1 Å². The molecule has 0 bridgehead atoms. The number of rotatable bonds is 5. The van der Waals surface area contributed by atoms with Crippen LogP contribution in [0, 0.1) is 0 Å². The van der Waals surface area contributed by atoms with Gasteiger partial charge in [-0.2, -0.15) is 0 Å². The van der Waals surface area contributed by atoms with Crippen molar-refractivity contribution in [3.8, 4) is 0 Å². The van der Waals surface area contributed by atoms with Gasteiger partial charge >= 0.3 is 5.97 Å². The minimum atomic E-state index is -0.355. The van der Waals surface area contributed by atoms with Gasteiger partial charge < -0.3 is 9.64 Å². The van der Waals surface area contributed by atoms with Crippen LogP contribution in [0.2, 0.25) is 0 Å². The molecular weight excluding hydrogens is 276 g/mol. The number of hydrogen-bond acceptors (Lipinski definition) is 5. The van der Waals surface area contributed by atoms with Crippen LogP contribution in [0.4, 0.5) is 0 Å². The quantitative estimate of drug-likeness (QED) is 0.781. The molecule has 20 heavy (non-hydrogen) atoms. The lowest BCUT2D eigenvalue weighted by molar-refractivity contribution is -0.150. The first-order valence-electron chi connectivity index (χ1n) is 7.05. The highest BCUT2D eigenvalue weighted by Crippen LogP contribution is 2.13. The average molecular weight is 296 g/mol. The third-order valence-corrected chi connectivity index (χ3v) is 4.32. The van der Waals surface area contributed by atoms with Gasteiger partial charge in [0.15, 0.2) is 0 Å². The van der Waals surface area contributed by atoms with E-state index in [1.807, 2.05) is 12.3 Å². The number of likely N-dealkylation sites (tertiary alicyclic amines) is 1. The van der Waals surface area contributed by atoms with E-state index < -0.39 is 0 Å². The Labute approximate surface area is 122 Å². The summed E-state index contributed by atoms with van der Waals surface area (Å²) in [7, 11) is 0. The number of aryl methyl sites for hydroxylation is 1. The van der Waals surface area contributed by atoms with Crippen LogP contribution in [0.25, 0.3) is 0 Å². The zero-order chi connectivity index (χ0) is 14.4. The first-order valence-corrected chi connectivity index (χ1v) is 7.93. The molecule has 1 saturated heterocycles. The number of hydrogen-bond donors (Lipinski definition) is 0. The molecule has 5 nitrogen and oxygen atoms in total. The van der Waals surface area contributed by atoms with Crippen molar-refractivity contribution < 1.29 is 14.3 Å². The second kappa shape index (κ2) is 7.38. The van der Waals surface area contributed by atoms with Crippen molar-refractivity contribution in [3.05, 3.63) is 16.1 Å².